The molecule has 0 spiro atoms. The molecule has 0 unspecified atom stereocenters. The number of carboxylic acids is 1. The van der Waals surface area contributed by atoms with E-state index in [1.807, 2.05) is 6.07 Å². The number of fused-ring (bicyclic) bond motifs is 1. The normalized spacial score (nSPS) is 13.3. The van der Waals surface area contributed by atoms with Gasteiger partial charge < -0.3 is 10.2 Å². The van der Waals surface area contributed by atoms with Crippen LogP contribution in [-0.4, -0.2) is 26.0 Å². The van der Waals surface area contributed by atoms with E-state index >= 15 is 0 Å². The van der Waals surface area contributed by atoms with Gasteiger partial charge in [0.25, 0.3) is 5.56 Å². The van der Waals surface area contributed by atoms with Crippen molar-refractivity contribution in [2.75, 3.05) is 0 Å². The number of carboxylic acid groups (broad SMARTS) is 1. The molecule has 34 heavy (non-hydrogen) atoms. The number of H-pyrrole nitrogens is 1. The quantitative estimate of drug-likeness (QED) is 0.312. The lowest BCUT2D eigenvalue weighted by Gasteiger charge is -2.16. The van der Waals surface area contributed by atoms with Crippen LogP contribution in [0.2, 0.25) is 0 Å². The lowest BCUT2D eigenvalue weighted by molar-refractivity contribution is 0.0702. The minimum Gasteiger partial charge on any atom is -0.505 e. The number of aryl methyl sites for hydroxylation is 3. The van der Waals surface area contributed by atoms with Gasteiger partial charge in [-0.3, -0.25) is 9.89 Å². The Hall–Kier alpha value is -3.98. The molecule has 1 aliphatic rings. The number of azo groups is 1. The van der Waals surface area contributed by atoms with Crippen molar-refractivity contribution in [3.8, 4) is 21.9 Å². The molecule has 9 heteroatoms. The van der Waals surface area contributed by atoms with Crippen molar-refractivity contribution in [2.24, 2.45) is 10.2 Å². The topological polar surface area (TPSA) is 120 Å². The van der Waals surface area contributed by atoms with Crippen molar-refractivity contribution in [1.29, 1.82) is 0 Å². The third-order valence-electron chi connectivity index (χ3n) is 5.99. The van der Waals surface area contributed by atoms with E-state index in [1.54, 1.807) is 31.2 Å². The highest BCUT2D eigenvalue weighted by Crippen LogP contribution is 2.40. The van der Waals surface area contributed by atoms with E-state index in [9.17, 15) is 14.7 Å². The maximum atomic E-state index is 13.1. The molecule has 0 bridgehead atoms. The minimum atomic E-state index is -1.02. The van der Waals surface area contributed by atoms with Crippen LogP contribution in [0.5, 0.6) is 5.75 Å². The molecule has 2 aromatic heterocycles. The van der Waals surface area contributed by atoms with Gasteiger partial charge in [0.1, 0.15) is 10.6 Å². The summed E-state index contributed by atoms with van der Waals surface area (Å²) in [5, 5.41) is 31.2. The average molecular weight is 475 g/mol. The zero-order valence-corrected chi connectivity index (χ0v) is 19.2. The number of nitrogens with one attached hydrogen (secondary N) is 1. The molecular weight excluding hydrogens is 452 g/mol. The minimum absolute atomic E-state index is 0.131. The first kappa shape index (κ1) is 21.8. The highest BCUT2D eigenvalue weighted by Gasteiger charge is 2.17. The number of phenols is 1. The van der Waals surface area contributed by atoms with Gasteiger partial charge in [-0.15, -0.1) is 21.6 Å². The van der Waals surface area contributed by atoms with Gasteiger partial charge in [0, 0.05) is 10.4 Å². The number of para-hydroxylation sites is 1. The molecule has 0 atom stereocenters. The SMILES string of the molecule is Cc1[nH]n(-c2ccc3c(c2)CCCC3)c(=O)c1N=Nc1cccc(-c2ccc(C(=O)O)s2)c1O. The molecular formula is C25H22N4O4S. The molecule has 0 aliphatic heterocycles. The molecule has 0 saturated heterocycles. The number of aromatic amines is 1. The number of hydrogen-bond acceptors (Lipinski definition) is 6. The van der Waals surface area contributed by atoms with Crippen LogP contribution in [0.4, 0.5) is 11.4 Å². The average Bonchev–Trinajstić information content (AvgIpc) is 3.43. The molecule has 2 aromatic carbocycles. The third-order valence-corrected chi connectivity index (χ3v) is 7.09. The van der Waals surface area contributed by atoms with Gasteiger partial charge in [-0.1, -0.05) is 12.1 Å². The molecule has 0 radical (unpaired) electrons. The van der Waals surface area contributed by atoms with Crippen LogP contribution in [0, 0.1) is 6.92 Å². The van der Waals surface area contributed by atoms with Crippen molar-refractivity contribution in [2.45, 2.75) is 32.6 Å². The number of thiophene rings is 1. The first-order valence-electron chi connectivity index (χ1n) is 10.9. The number of hydrogen-bond donors (Lipinski definition) is 3. The molecule has 4 aromatic rings. The lowest BCUT2D eigenvalue weighted by atomic mass is 9.91. The van der Waals surface area contributed by atoms with E-state index in [1.165, 1.54) is 28.3 Å². The van der Waals surface area contributed by atoms with Crippen molar-refractivity contribution in [1.82, 2.24) is 9.78 Å². The molecule has 5 rings (SSSR count). The van der Waals surface area contributed by atoms with Gasteiger partial charge in [-0.25, -0.2) is 9.48 Å². The second kappa shape index (κ2) is 8.75. The van der Waals surface area contributed by atoms with Gasteiger partial charge >= 0.3 is 5.97 Å². The second-order valence-electron chi connectivity index (χ2n) is 8.23. The van der Waals surface area contributed by atoms with Gasteiger partial charge in [-0.2, -0.15) is 0 Å². The summed E-state index contributed by atoms with van der Waals surface area (Å²) in [7, 11) is 0. The Balaban J connectivity index is 1.47. The maximum absolute atomic E-state index is 13.1. The summed E-state index contributed by atoms with van der Waals surface area (Å²) < 4.78 is 1.47. The summed E-state index contributed by atoms with van der Waals surface area (Å²) in [6, 6.07) is 14.1. The standard InChI is InChI=1S/C25H22N4O4S/c1-14-22(24(31)29(28-14)17-10-9-15-5-2-3-6-16(15)13-17)27-26-19-8-4-7-18(23(19)30)20-11-12-21(34-20)25(32)33/h4,7-13,28,30H,2-3,5-6H2,1H3,(H,32,33). The number of phenolic OH excluding ortho intramolecular Hbond substituents is 1. The molecule has 1 aliphatic carbocycles. The Morgan fingerprint density at radius 1 is 1.06 bits per heavy atom. The van der Waals surface area contributed by atoms with Crippen LogP contribution in [-0.2, 0) is 12.8 Å². The number of aromatic nitrogens is 2. The molecule has 3 N–H and O–H groups in total. The van der Waals surface area contributed by atoms with E-state index in [-0.39, 0.29) is 27.6 Å². The van der Waals surface area contributed by atoms with Crippen LogP contribution in [0.3, 0.4) is 0 Å². The molecule has 0 fully saturated rings. The summed E-state index contributed by atoms with van der Waals surface area (Å²) >= 11 is 1.06. The number of carbonyl (C=O) groups is 1. The molecule has 8 nitrogen and oxygen atoms in total. The van der Waals surface area contributed by atoms with Crippen molar-refractivity contribution in [3.05, 3.63) is 80.6 Å². The zero-order valence-electron chi connectivity index (χ0n) is 18.4. The Labute approximate surface area is 198 Å². The van der Waals surface area contributed by atoms with Gasteiger partial charge in [0.2, 0.25) is 0 Å². The Morgan fingerprint density at radius 2 is 1.85 bits per heavy atom. The summed E-state index contributed by atoms with van der Waals surface area (Å²) in [6.07, 6.45) is 4.43. The van der Waals surface area contributed by atoms with E-state index in [0.717, 1.165) is 36.3 Å². The number of aromatic hydroxyl groups is 1. The van der Waals surface area contributed by atoms with Crippen LogP contribution < -0.4 is 5.56 Å². The molecule has 2 heterocycles. The predicted octanol–water partition coefficient (Wildman–Crippen LogP) is 5.90. The van der Waals surface area contributed by atoms with Crippen LogP contribution in [0.1, 0.15) is 39.3 Å². The van der Waals surface area contributed by atoms with Crippen LogP contribution >= 0.6 is 11.3 Å². The number of aromatic carboxylic acids is 1. The Bertz CT molecular complexity index is 1500. The Kier molecular flexibility index (Phi) is 5.62. The molecule has 172 valence electrons. The first-order valence-corrected chi connectivity index (χ1v) is 11.7. The van der Waals surface area contributed by atoms with E-state index in [4.69, 9.17) is 5.11 Å². The van der Waals surface area contributed by atoms with Crippen molar-refractivity contribution in [3.63, 3.8) is 0 Å². The monoisotopic (exact) mass is 474 g/mol. The second-order valence-corrected chi connectivity index (χ2v) is 9.31. The van der Waals surface area contributed by atoms with Gasteiger partial charge in [0.05, 0.1) is 11.4 Å². The van der Waals surface area contributed by atoms with Crippen LogP contribution in [0.25, 0.3) is 16.1 Å². The highest BCUT2D eigenvalue weighted by molar-refractivity contribution is 7.17. The lowest BCUT2D eigenvalue weighted by Crippen LogP contribution is -2.15. The summed E-state index contributed by atoms with van der Waals surface area (Å²) in [5.41, 5.74) is 4.40. The first-order chi connectivity index (χ1) is 16.4. The zero-order chi connectivity index (χ0) is 23.8. The number of rotatable bonds is 5. The van der Waals surface area contributed by atoms with E-state index in [2.05, 4.69) is 27.5 Å². The summed E-state index contributed by atoms with van der Waals surface area (Å²) in [5.74, 6) is -1.15. The Morgan fingerprint density at radius 3 is 2.62 bits per heavy atom. The molecule has 0 saturated carbocycles. The molecule has 0 amide bonds. The fraction of sp³-hybridized carbons (Fsp3) is 0.200. The van der Waals surface area contributed by atoms with E-state index < -0.39 is 5.97 Å². The summed E-state index contributed by atoms with van der Waals surface area (Å²) in [6.45, 7) is 1.75. The van der Waals surface area contributed by atoms with Gasteiger partial charge in [-0.05, 0) is 80.1 Å². The highest BCUT2D eigenvalue weighted by atomic mass is 32.1. The van der Waals surface area contributed by atoms with Crippen LogP contribution in [0.15, 0.2) is 63.6 Å². The van der Waals surface area contributed by atoms with Crippen molar-refractivity contribution >= 4 is 28.7 Å². The smallest absolute Gasteiger partial charge is 0.345 e. The number of nitrogens with zero attached hydrogens (tertiary/aromatic N) is 3. The summed E-state index contributed by atoms with van der Waals surface area (Å²) in [4.78, 5) is 25.0. The van der Waals surface area contributed by atoms with Crippen molar-refractivity contribution < 1.29 is 15.0 Å². The largest absolute Gasteiger partial charge is 0.505 e. The fourth-order valence-electron chi connectivity index (χ4n) is 4.21. The van der Waals surface area contributed by atoms with E-state index in [0.29, 0.717) is 16.1 Å². The van der Waals surface area contributed by atoms with Gasteiger partial charge in [0.15, 0.2) is 11.4 Å². The number of benzene rings is 2. The third kappa shape index (κ3) is 3.94. The maximum Gasteiger partial charge on any atom is 0.345 e. The predicted molar refractivity (Wildman–Crippen MR) is 130 cm³/mol. The fourth-order valence-corrected chi connectivity index (χ4v) is 5.08.